The highest BCUT2D eigenvalue weighted by atomic mass is 16.2. The summed E-state index contributed by atoms with van der Waals surface area (Å²) in [6.45, 7) is 12.1. The Morgan fingerprint density at radius 2 is 1.86 bits per heavy atom. The molecule has 0 aliphatic carbocycles. The molecule has 162 valence electrons. The molecular formula is C24H40N4O. The molecule has 2 N–H and O–H groups in total. The van der Waals surface area contributed by atoms with E-state index in [0.29, 0.717) is 18.0 Å². The minimum absolute atomic E-state index is 0.00328. The molecule has 2 fully saturated rings. The van der Waals surface area contributed by atoms with E-state index in [1.807, 2.05) is 0 Å². The number of nitrogens with zero attached hydrogens (tertiary/aromatic N) is 2. The van der Waals surface area contributed by atoms with Gasteiger partial charge < -0.3 is 15.5 Å². The predicted molar refractivity (Wildman–Crippen MR) is 120 cm³/mol. The molecule has 5 heteroatoms. The molecule has 2 aliphatic heterocycles. The van der Waals surface area contributed by atoms with Crippen molar-refractivity contribution in [1.82, 2.24) is 20.4 Å². The van der Waals surface area contributed by atoms with Gasteiger partial charge >= 0.3 is 0 Å². The van der Waals surface area contributed by atoms with Gasteiger partial charge in [0.15, 0.2) is 0 Å². The number of likely N-dealkylation sites (N-methyl/N-ethyl adjacent to an activating group) is 1. The average Bonchev–Trinajstić information content (AvgIpc) is 3.17. The van der Waals surface area contributed by atoms with Crippen LogP contribution in [-0.4, -0.2) is 67.1 Å². The molecule has 0 aromatic heterocycles. The monoisotopic (exact) mass is 400 g/mol. The summed E-state index contributed by atoms with van der Waals surface area (Å²) in [5, 5.41) is 6.62. The van der Waals surface area contributed by atoms with Crippen molar-refractivity contribution in [2.45, 2.75) is 77.0 Å². The number of rotatable bonds is 8. The zero-order valence-corrected chi connectivity index (χ0v) is 18.8. The zero-order valence-electron chi connectivity index (χ0n) is 18.8. The lowest BCUT2D eigenvalue weighted by molar-refractivity contribution is -0.126. The van der Waals surface area contributed by atoms with Crippen LogP contribution < -0.4 is 10.6 Å². The molecule has 1 aromatic rings. The van der Waals surface area contributed by atoms with E-state index in [9.17, 15) is 4.79 Å². The van der Waals surface area contributed by atoms with E-state index < -0.39 is 0 Å². The molecule has 2 saturated heterocycles. The van der Waals surface area contributed by atoms with Gasteiger partial charge in [-0.2, -0.15) is 0 Å². The number of carbonyl (C=O) groups is 1. The smallest absolute Gasteiger partial charge is 0.237 e. The summed E-state index contributed by atoms with van der Waals surface area (Å²) >= 11 is 0. The average molecular weight is 401 g/mol. The molecule has 5 nitrogen and oxygen atoms in total. The second-order valence-corrected chi connectivity index (χ2v) is 9.11. The lowest BCUT2D eigenvalue weighted by Gasteiger charge is -2.38. The highest BCUT2D eigenvalue weighted by molar-refractivity contribution is 5.82. The Hall–Kier alpha value is -1.43. The van der Waals surface area contributed by atoms with Crippen LogP contribution in [0.4, 0.5) is 0 Å². The van der Waals surface area contributed by atoms with E-state index in [4.69, 9.17) is 0 Å². The van der Waals surface area contributed by atoms with Gasteiger partial charge in [0.1, 0.15) is 0 Å². The van der Waals surface area contributed by atoms with Gasteiger partial charge in [-0.05, 0) is 62.4 Å². The molecule has 0 bridgehead atoms. The van der Waals surface area contributed by atoms with Crippen LogP contribution in [0.2, 0.25) is 0 Å². The van der Waals surface area contributed by atoms with E-state index in [1.54, 1.807) is 7.05 Å². The van der Waals surface area contributed by atoms with Gasteiger partial charge in [0.2, 0.25) is 5.91 Å². The molecular weight excluding hydrogens is 360 g/mol. The van der Waals surface area contributed by atoms with E-state index in [2.05, 4.69) is 65.5 Å². The maximum absolute atomic E-state index is 12.6. The van der Waals surface area contributed by atoms with Crippen LogP contribution in [0.15, 0.2) is 24.3 Å². The van der Waals surface area contributed by atoms with Crippen molar-refractivity contribution in [3.8, 4) is 0 Å². The highest BCUT2D eigenvalue weighted by Crippen LogP contribution is 2.27. The molecule has 2 heterocycles. The molecule has 0 radical (unpaired) electrons. The standard InChI is InChI=1S/C24H40N4O/c1-5-12-27-13-10-22(11-14-27)28-17-21(15-23(28)24(29)25-4)26-16-19-6-8-20(9-7-19)18(2)3/h6-9,18,21-23,26H,5,10-17H2,1-4H3,(H,25,29)/t21-,23-/m0/s1. The number of likely N-dealkylation sites (tertiary alicyclic amines) is 2. The first-order valence-corrected chi connectivity index (χ1v) is 11.5. The van der Waals surface area contributed by atoms with Crippen molar-refractivity contribution in [2.24, 2.45) is 0 Å². The third-order valence-corrected chi connectivity index (χ3v) is 6.70. The quantitative estimate of drug-likeness (QED) is 0.704. The Bertz CT molecular complexity index is 637. The van der Waals surface area contributed by atoms with Crippen LogP contribution in [0.25, 0.3) is 0 Å². The minimum Gasteiger partial charge on any atom is -0.358 e. The Kier molecular flexibility index (Phi) is 8.10. The summed E-state index contributed by atoms with van der Waals surface area (Å²) in [5.41, 5.74) is 2.70. The summed E-state index contributed by atoms with van der Waals surface area (Å²) < 4.78 is 0. The van der Waals surface area contributed by atoms with Crippen molar-refractivity contribution in [2.75, 3.05) is 33.2 Å². The molecule has 1 aromatic carbocycles. The highest BCUT2D eigenvalue weighted by Gasteiger charge is 2.40. The first-order chi connectivity index (χ1) is 14.0. The van der Waals surface area contributed by atoms with Gasteiger partial charge in [-0.25, -0.2) is 0 Å². The Labute approximate surface area is 177 Å². The van der Waals surface area contributed by atoms with Gasteiger partial charge in [-0.1, -0.05) is 45.0 Å². The Morgan fingerprint density at radius 3 is 2.45 bits per heavy atom. The first kappa shape index (κ1) is 22.3. The van der Waals surface area contributed by atoms with E-state index in [1.165, 1.54) is 36.9 Å². The Balaban J connectivity index is 1.56. The van der Waals surface area contributed by atoms with Gasteiger partial charge in [0.25, 0.3) is 0 Å². The topological polar surface area (TPSA) is 47.6 Å². The lowest BCUT2D eigenvalue weighted by atomic mass is 10.0. The number of piperidine rings is 1. The fourth-order valence-electron chi connectivity index (χ4n) is 4.91. The lowest BCUT2D eigenvalue weighted by Crippen LogP contribution is -2.51. The number of carbonyl (C=O) groups excluding carboxylic acids is 1. The van der Waals surface area contributed by atoms with Gasteiger partial charge in [-0.3, -0.25) is 9.69 Å². The van der Waals surface area contributed by atoms with Crippen LogP contribution in [0.1, 0.15) is 63.5 Å². The predicted octanol–water partition coefficient (Wildman–Crippen LogP) is 2.96. The number of hydrogen-bond acceptors (Lipinski definition) is 4. The van der Waals surface area contributed by atoms with Crippen LogP contribution in [0.3, 0.4) is 0 Å². The van der Waals surface area contributed by atoms with Crippen LogP contribution in [-0.2, 0) is 11.3 Å². The van der Waals surface area contributed by atoms with Gasteiger partial charge in [0.05, 0.1) is 6.04 Å². The zero-order chi connectivity index (χ0) is 20.8. The van der Waals surface area contributed by atoms with Crippen LogP contribution in [0.5, 0.6) is 0 Å². The summed E-state index contributed by atoms with van der Waals surface area (Å²) in [7, 11) is 1.77. The largest absolute Gasteiger partial charge is 0.358 e. The molecule has 0 unspecified atom stereocenters. The van der Waals surface area contributed by atoms with Crippen molar-refractivity contribution < 1.29 is 4.79 Å². The van der Waals surface area contributed by atoms with E-state index >= 15 is 0 Å². The second kappa shape index (κ2) is 10.6. The van der Waals surface area contributed by atoms with Crippen LogP contribution in [0, 0.1) is 0 Å². The third kappa shape index (κ3) is 5.80. The van der Waals surface area contributed by atoms with Crippen molar-refractivity contribution in [3.05, 3.63) is 35.4 Å². The summed E-state index contributed by atoms with van der Waals surface area (Å²) in [6.07, 6.45) is 4.48. The maximum atomic E-state index is 12.6. The number of hydrogen-bond donors (Lipinski definition) is 2. The summed E-state index contributed by atoms with van der Waals surface area (Å²) in [4.78, 5) is 17.6. The Morgan fingerprint density at radius 1 is 1.17 bits per heavy atom. The first-order valence-electron chi connectivity index (χ1n) is 11.5. The fraction of sp³-hybridized carbons (Fsp3) is 0.708. The van der Waals surface area contributed by atoms with Gasteiger partial charge in [-0.15, -0.1) is 0 Å². The fourth-order valence-corrected chi connectivity index (χ4v) is 4.91. The molecule has 0 spiro atoms. The van der Waals surface area contributed by atoms with E-state index in [0.717, 1.165) is 32.6 Å². The van der Waals surface area contributed by atoms with E-state index in [-0.39, 0.29) is 11.9 Å². The number of benzene rings is 1. The molecule has 29 heavy (non-hydrogen) atoms. The van der Waals surface area contributed by atoms with Crippen molar-refractivity contribution in [3.63, 3.8) is 0 Å². The summed E-state index contributed by atoms with van der Waals surface area (Å²) in [6, 6.07) is 9.84. The van der Waals surface area contributed by atoms with Crippen molar-refractivity contribution in [1.29, 1.82) is 0 Å². The minimum atomic E-state index is 0.00328. The summed E-state index contributed by atoms with van der Waals surface area (Å²) in [5.74, 6) is 0.740. The molecule has 1 amide bonds. The normalized spacial score (nSPS) is 24.3. The molecule has 2 aliphatic rings. The second-order valence-electron chi connectivity index (χ2n) is 9.11. The number of amides is 1. The molecule has 2 atom stereocenters. The van der Waals surface area contributed by atoms with Gasteiger partial charge in [0, 0.05) is 32.2 Å². The third-order valence-electron chi connectivity index (χ3n) is 6.70. The molecule has 0 saturated carbocycles. The maximum Gasteiger partial charge on any atom is 0.237 e. The molecule has 3 rings (SSSR count). The van der Waals surface area contributed by atoms with Crippen LogP contribution >= 0.6 is 0 Å². The van der Waals surface area contributed by atoms with Crippen molar-refractivity contribution >= 4 is 5.91 Å². The SMILES string of the molecule is CCCN1CCC(N2C[C@@H](NCc3ccc(C(C)C)cc3)C[C@H]2C(=O)NC)CC1. The number of nitrogens with one attached hydrogen (secondary N) is 2.